The Hall–Kier alpha value is -2.16. The standard InChI is InChI=1S/C18H21NO2/c1-12-4-5-14-8-13(6-7-18(14)19-12)15-9-16(20-2)11-17(10-15)21-3/h6-12,19H,4-5H2,1-3H3. The Labute approximate surface area is 125 Å². The highest BCUT2D eigenvalue weighted by atomic mass is 16.5. The maximum atomic E-state index is 5.35. The number of benzene rings is 2. The number of nitrogens with one attached hydrogen (secondary N) is 1. The summed E-state index contributed by atoms with van der Waals surface area (Å²) in [5.41, 5.74) is 4.95. The quantitative estimate of drug-likeness (QED) is 0.919. The zero-order chi connectivity index (χ0) is 14.8. The van der Waals surface area contributed by atoms with Crippen molar-refractivity contribution >= 4 is 5.69 Å². The molecular formula is C18H21NO2. The van der Waals surface area contributed by atoms with Gasteiger partial charge in [0.15, 0.2) is 0 Å². The van der Waals surface area contributed by atoms with E-state index in [9.17, 15) is 0 Å². The molecule has 3 nitrogen and oxygen atoms in total. The van der Waals surface area contributed by atoms with Gasteiger partial charge in [-0.2, -0.15) is 0 Å². The van der Waals surface area contributed by atoms with Crippen LogP contribution in [0.2, 0.25) is 0 Å². The first-order valence-corrected chi connectivity index (χ1v) is 7.32. The molecule has 0 radical (unpaired) electrons. The van der Waals surface area contributed by atoms with Gasteiger partial charge in [0.2, 0.25) is 0 Å². The largest absolute Gasteiger partial charge is 0.497 e. The van der Waals surface area contributed by atoms with E-state index in [0.29, 0.717) is 6.04 Å². The SMILES string of the molecule is COc1cc(OC)cc(-c2ccc3c(c2)CCC(C)N3)c1. The molecule has 0 amide bonds. The molecule has 0 saturated carbocycles. The van der Waals surface area contributed by atoms with Crippen LogP contribution in [0.4, 0.5) is 5.69 Å². The van der Waals surface area contributed by atoms with Crippen molar-refractivity contribution in [1.29, 1.82) is 0 Å². The number of rotatable bonds is 3. The van der Waals surface area contributed by atoms with Crippen molar-refractivity contribution in [3.8, 4) is 22.6 Å². The summed E-state index contributed by atoms with van der Waals surface area (Å²) in [6, 6.07) is 13.1. The fraction of sp³-hybridized carbons (Fsp3) is 0.333. The molecule has 110 valence electrons. The summed E-state index contributed by atoms with van der Waals surface area (Å²) >= 11 is 0. The number of aryl methyl sites for hydroxylation is 1. The number of hydrogen-bond donors (Lipinski definition) is 1. The predicted octanol–water partition coefficient (Wildman–Crippen LogP) is 4.12. The Kier molecular flexibility index (Phi) is 3.74. The van der Waals surface area contributed by atoms with E-state index in [2.05, 4.69) is 30.4 Å². The van der Waals surface area contributed by atoms with Gasteiger partial charge in [0, 0.05) is 17.8 Å². The Morgan fingerprint density at radius 2 is 1.67 bits per heavy atom. The lowest BCUT2D eigenvalue weighted by Gasteiger charge is -2.24. The third-order valence-electron chi connectivity index (χ3n) is 4.04. The molecule has 1 heterocycles. The normalized spacial score (nSPS) is 16.8. The van der Waals surface area contributed by atoms with Crippen molar-refractivity contribution in [3.63, 3.8) is 0 Å². The molecule has 1 aliphatic rings. The minimum atomic E-state index is 0.556. The number of fused-ring (bicyclic) bond motifs is 1. The second kappa shape index (κ2) is 5.68. The van der Waals surface area contributed by atoms with Crippen molar-refractivity contribution < 1.29 is 9.47 Å². The van der Waals surface area contributed by atoms with Gasteiger partial charge in [-0.15, -0.1) is 0 Å². The van der Waals surface area contributed by atoms with Gasteiger partial charge in [0.25, 0.3) is 0 Å². The van der Waals surface area contributed by atoms with E-state index in [4.69, 9.17) is 9.47 Å². The molecule has 2 aromatic carbocycles. The lowest BCUT2D eigenvalue weighted by Crippen LogP contribution is -2.21. The highest BCUT2D eigenvalue weighted by Crippen LogP contribution is 2.33. The highest BCUT2D eigenvalue weighted by Gasteiger charge is 2.15. The minimum absolute atomic E-state index is 0.556. The Bertz CT molecular complexity index is 629. The lowest BCUT2D eigenvalue weighted by atomic mass is 9.94. The van der Waals surface area contributed by atoms with Crippen LogP contribution in [0.1, 0.15) is 18.9 Å². The predicted molar refractivity (Wildman–Crippen MR) is 86.4 cm³/mol. The second-order valence-electron chi connectivity index (χ2n) is 5.56. The monoisotopic (exact) mass is 283 g/mol. The smallest absolute Gasteiger partial charge is 0.123 e. The maximum absolute atomic E-state index is 5.35. The van der Waals surface area contributed by atoms with Crippen LogP contribution in [0.5, 0.6) is 11.5 Å². The highest BCUT2D eigenvalue weighted by molar-refractivity contribution is 5.71. The number of hydrogen-bond acceptors (Lipinski definition) is 3. The summed E-state index contributed by atoms with van der Waals surface area (Å²) in [5.74, 6) is 1.63. The first-order chi connectivity index (χ1) is 10.2. The van der Waals surface area contributed by atoms with E-state index in [1.165, 1.54) is 23.2 Å². The molecule has 0 aromatic heterocycles. The molecule has 2 aromatic rings. The molecule has 1 atom stereocenters. The molecule has 0 bridgehead atoms. The Morgan fingerprint density at radius 1 is 0.952 bits per heavy atom. The fourth-order valence-corrected chi connectivity index (χ4v) is 2.80. The van der Waals surface area contributed by atoms with Crippen molar-refractivity contribution in [1.82, 2.24) is 0 Å². The van der Waals surface area contributed by atoms with Crippen LogP contribution in [-0.2, 0) is 6.42 Å². The third kappa shape index (κ3) is 2.82. The summed E-state index contributed by atoms with van der Waals surface area (Å²) in [5, 5.41) is 3.53. The summed E-state index contributed by atoms with van der Waals surface area (Å²) in [4.78, 5) is 0. The molecule has 0 aliphatic carbocycles. The van der Waals surface area contributed by atoms with Crippen LogP contribution in [0.25, 0.3) is 11.1 Å². The van der Waals surface area contributed by atoms with Gasteiger partial charge in [-0.05, 0) is 60.7 Å². The first kappa shape index (κ1) is 13.8. The number of methoxy groups -OCH3 is 2. The van der Waals surface area contributed by atoms with E-state index < -0.39 is 0 Å². The van der Waals surface area contributed by atoms with E-state index in [1.54, 1.807) is 14.2 Å². The minimum Gasteiger partial charge on any atom is -0.497 e. The number of ether oxygens (including phenoxy) is 2. The van der Waals surface area contributed by atoms with Gasteiger partial charge in [-0.3, -0.25) is 0 Å². The first-order valence-electron chi connectivity index (χ1n) is 7.32. The van der Waals surface area contributed by atoms with Gasteiger partial charge in [0.1, 0.15) is 11.5 Å². The molecule has 1 unspecified atom stereocenters. The van der Waals surface area contributed by atoms with Gasteiger partial charge in [0.05, 0.1) is 14.2 Å². The average molecular weight is 283 g/mol. The summed E-state index contributed by atoms with van der Waals surface area (Å²) in [6.45, 7) is 2.23. The molecule has 1 aliphatic heterocycles. The van der Waals surface area contributed by atoms with Crippen molar-refractivity contribution in [2.24, 2.45) is 0 Å². The number of anilines is 1. The van der Waals surface area contributed by atoms with Crippen LogP contribution in [0, 0.1) is 0 Å². The topological polar surface area (TPSA) is 30.5 Å². The Balaban J connectivity index is 2.01. The molecule has 1 N–H and O–H groups in total. The van der Waals surface area contributed by atoms with Crippen LogP contribution in [0.3, 0.4) is 0 Å². The summed E-state index contributed by atoms with van der Waals surface area (Å²) < 4.78 is 10.7. The van der Waals surface area contributed by atoms with Crippen molar-refractivity contribution in [3.05, 3.63) is 42.0 Å². The van der Waals surface area contributed by atoms with E-state index in [-0.39, 0.29) is 0 Å². The van der Waals surface area contributed by atoms with Gasteiger partial charge >= 0.3 is 0 Å². The third-order valence-corrected chi connectivity index (χ3v) is 4.04. The van der Waals surface area contributed by atoms with E-state index >= 15 is 0 Å². The lowest BCUT2D eigenvalue weighted by molar-refractivity contribution is 0.394. The van der Waals surface area contributed by atoms with Crippen LogP contribution in [0.15, 0.2) is 36.4 Å². The van der Waals surface area contributed by atoms with Crippen molar-refractivity contribution in [2.45, 2.75) is 25.8 Å². The molecule has 3 rings (SSSR count). The molecule has 21 heavy (non-hydrogen) atoms. The van der Waals surface area contributed by atoms with Crippen LogP contribution in [-0.4, -0.2) is 20.3 Å². The van der Waals surface area contributed by atoms with Crippen molar-refractivity contribution in [2.75, 3.05) is 19.5 Å². The van der Waals surface area contributed by atoms with Gasteiger partial charge < -0.3 is 14.8 Å². The Morgan fingerprint density at radius 3 is 2.33 bits per heavy atom. The molecular weight excluding hydrogens is 262 g/mol. The maximum Gasteiger partial charge on any atom is 0.123 e. The summed E-state index contributed by atoms with van der Waals surface area (Å²) in [7, 11) is 3.35. The van der Waals surface area contributed by atoms with E-state index in [1.807, 2.05) is 18.2 Å². The zero-order valence-corrected chi connectivity index (χ0v) is 12.8. The van der Waals surface area contributed by atoms with Crippen LogP contribution < -0.4 is 14.8 Å². The van der Waals surface area contributed by atoms with Gasteiger partial charge in [-0.1, -0.05) is 6.07 Å². The second-order valence-corrected chi connectivity index (χ2v) is 5.56. The summed E-state index contributed by atoms with van der Waals surface area (Å²) in [6.07, 6.45) is 2.30. The molecule has 3 heteroatoms. The average Bonchev–Trinajstić information content (AvgIpc) is 2.53. The van der Waals surface area contributed by atoms with Gasteiger partial charge in [-0.25, -0.2) is 0 Å². The molecule has 0 fully saturated rings. The zero-order valence-electron chi connectivity index (χ0n) is 12.8. The molecule has 0 spiro atoms. The van der Waals surface area contributed by atoms with Crippen LogP contribution >= 0.6 is 0 Å². The van der Waals surface area contributed by atoms with E-state index in [0.717, 1.165) is 23.5 Å². The molecule has 0 saturated heterocycles. The fourth-order valence-electron chi connectivity index (χ4n) is 2.80.